The largest absolute Gasteiger partial charge is 0.354 e. The molecule has 1 aliphatic heterocycles. The molecule has 1 heterocycles. The van der Waals surface area contributed by atoms with Crippen molar-refractivity contribution in [2.45, 2.75) is 25.3 Å². The normalized spacial score (nSPS) is 31.4. The molecular weight excluding hydrogens is 176 g/mol. The van der Waals surface area contributed by atoms with Crippen LogP contribution in [0.3, 0.4) is 0 Å². The van der Waals surface area contributed by atoms with Gasteiger partial charge in [0.05, 0.1) is 6.54 Å². The Morgan fingerprint density at radius 1 is 1.57 bits per heavy atom. The molecule has 2 unspecified atom stereocenters. The molecule has 0 radical (unpaired) electrons. The molecule has 4 heteroatoms. The molecule has 0 aromatic heterocycles. The van der Waals surface area contributed by atoms with Gasteiger partial charge >= 0.3 is 0 Å². The van der Waals surface area contributed by atoms with Crippen molar-refractivity contribution in [3.8, 4) is 0 Å². The van der Waals surface area contributed by atoms with Gasteiger partial charge in [-0.15, -0.1) is 0 Å². The summed E-state index contributed by atoms with van der Waals surface area (Å²) in [5.74, 6) is 1.72. The van der Waals surface area contributed by atoms with E-state index in [1.807, 2.05) is 0 Å². The van der Waals surface area contributed by atoms with E-state index in [2.05, 4.69) is 22.3 Å². The van der Waals surface area contributed by atoms with Crippen LogP contribution in [-0.2, 0) is 0 Å². The van der Waals surface area contributed by atoms with Gasteiger partial charge in [-0.3, -0.25) is 4.99 Å². The molecule has 14 heavy (non-hydrogen) atoms. The van der Waals surface area contributed by atoms with Gasteiger partial charge in [-0.2, -0.15) is 0 Å². The summed E-state index contributed by atoms with van der Waals surface area (Å²) < 4.78 is 0. The number of nitrogens with one attached hydrogen (secondary N) is 1. The van der Waals surface area contributed by atoms with Gasteiger partial charge in [0, 0.05) is 19.6 Å². The maximum Gasteiger partial charge on any atom is 0.194 e. The predicted octanol–water partition coefficient (Wildman–Crippen LogP) is 0.00480. The second-order valence-electron chi connectivity index (χ2n) is 4.24. The van der Waals surface area contributed by atoms with Crippen LogP contribution in [0.2, 0.25) is 0 Å². The molecule has 0 aromatic rings. The summed E-state index contributed by atoms with van der Waals surface area (Å²) in [6.45, 7) is 2.71. The third-order valence-electron chi connectivity index (χ3n) is 3.41. The van der Waals surface area contributed by atoms with Crippen LogP contribution in [0.15, 0.2) is 4.99 Å². The van der Waals surface area contributed by atoms with Crippen LogP contribution >= 0.6 is 0 Å². The van der Waals surface area contributed by atoms with E-state index in [4.69, 9.17) is 5.73 Å². The Labute approximate surface area is 85.6 Å². The van der Waals surface area contributed by atoms with Crippen LogP contribution in [0, 0.1) is 5.92 Å². The molecule has 0 spiro atoms. The Hall–Kier alpha value is -0.770. The van der Waals surface area contributed by atoms with Gasteiger partial charge in [0.2, 0.25) is 0 Å². The Bertz CT molecular complexity index is 226. The van der Waals surface area contributed by atoms with E-state index in [1.54, 1.807) is 0 Å². The third-order valence-corrected chi connectivity index (χ3v) is 3.41. The molecule has 1 saturated carbocycles. The first kappa shape index (κ1) is 9.77. The molecule has 80 valence electrons. The lowest BCUT2D eigenvalue weighted by atomic mass is 10.0. The van der Waals surface area contributed by atoms with Crippen LogP contribution in [-0.4, -0.2) is 43.6 Å². The Kier molecular flexibility index (Phi) is 2.91. The van der Waals surface area contributed by atoms with Gasteiger partial charge in [-0.1, -0.05) is 6.42 Å². The number of hydrogen-bond acceptors (Lipinski definition) is 4. The van der Waals surface area contributed by atoms with Gasteiger partial charge in [-0.25, -0.2) is 0 Å². The SMILES string of the molecule is CN(C1=NCCN1)C1CCCC1CN. The lowest BCUT2D eigenvalue weighted by molar-refractivity contribution is 0.291. The number of hydrogen-bond donors (Lipinski definition) is 2. The fourth-order valence-electron chi connectivity index (χ4n) is 2.58. The van der Waals surface area contributed by atoms with E-state index in [0.717, 1.165) is 25.6 Å². The van der Waals surface area contributed by atoms with Crippen molar-refractivity contribution in [3.63, 3.8) is 0 Å². The van der Waals surface area contributed by atoms with Gasteiger partial charge in [0.25, 0.3) is 0 Å². The highest BCUT2D eigenvalue weighted by Crippen LogP contribution is 2.28. The first-order chi connectivity index (χ1) is 6.83. The Morgan fingerprint density at radius 2 is 2.43 bits per heavy atom. The lowest BCUT2D eigenvalue weighted by Gasteiger charge is -2.30. The number of guanidine groups is 1. The molecule has 3 N–H and O–H groups in total. The fourth-order valence-corrected chi connectivity index (χ4v) is 2.58. The summed E-state index contributed by atoms with van der Waals surface area (Å²) >= 11 is 0. The summed E-state index contributed by atoms with van der Waals surface area (Å²) in [6.07, 6.45) is 3.85. The number of rotatable bonds is 2. The smallest absolute Gasteiger partial charge is 0.194 e. The Balaban J connectivity index is 1.99. The minimum absolute atomic E-state index is 0.601. The predicted molar refractivity (Wildman–Crippen MR) is 58.3 cm³/mol. The van der Waals surface area contributed by atoms with E-state index in [9.17, 15) is 0 Å². The van der Waals surface area contributed by atoms with Crippen LogP contribution in [0.4, 0.5) is 0 Å². The first-order valence-corrected chi connectivity index (χ1v) is 5.54. The number of nitrogens with two attached hydrogens (primary N) is 1. The molecule has 2 rings (SSSR count). The molecule has 1 aliphatic carbocycles. The minimum atomic E-state index is 0.601. The van der Waals surface area contributed by atoms with Crippen LogP contribution in [0.1, 0.15) is 19.3 Å². The van der Waals surface area contributed by atoms with E-state index < -0.39 is 0 Å². The van der Waals surface area contributed by atoms with Crippen LogP contribution < -0.4 is 11.1 Å². The van der Waals surface area contributed by atoms with Gasteiger partial charge < -0.3 is 16.0 Å². The molecule has 1 fully saturated rings. The van der Waals surface area contributed by atoms with Gasteiger partial charge in [0.15, 0.2) is 5.96 Å². The number of nitrogens with zero attached hydrogens (tertiary/aromatic N) is 2. The van der Waals surface area contributed by atoms with E-state index in [-0.39, 0.29) is 0 Å². The average Bonchev–Trinajstić information content (AvgIpc) is 2.87. The highest BCUT2D eigenvalue weighted by Gasteiger charge is 2.31. The van der Waals surface area contributed by atoms with Crippen molar-refractivity contribution < 1.29 is 0 Å². The van der Waals surface area contributed by atoms with Crippen molar-refractivity contribution in [1.82, 2.24) is 10.2 Å². The molecule has 0 bridgehead atoms. The maximum absolute atomic E-state index is 5.77. The standard InChI is InChI=1S/C10H20N4/c1-14(10-12-5-6-13-10)9-4-2-3-8(9)7-11/h8-9H,2-7,11H2,1H3,(H,12,13). The topological polar surface area (TPSA) is 53.6 Å². The molecule has 2 aliphatic rings. The van der Waals surface area contributed by atoms with Crippen molar-refractivity contribution in [1.29, 1.82) is 0 Å². The highest BCUT2D eigenvalue weighted by atomic mass is 15.3. The molecule has 4 nitrogen and oxygen atoms in total. The third kappa shape index (κ3) is 1.71. The second kappa shape index (κ2) is 4.17. The van der Waals surface area contributed by atoms with Crippen molar-refractivity contribution in [3.05, 3.63) is 0 Å². The lowest BCUT2D eigenvalue weighted by Crippen LogP contribution is -2.45. The summed E-state index contributed by atoms with van der Waals surface area (Å²) in [4.78, 5) is 6.73. The van der Waals surface area contributed by atoms with Crippen LogP contribution in [0.25, 0.3) is 0 Å². The monoisotopic (exact) mass is 196 g/mol. The fraction of sp³-hybridized carbons (Fsp3) is 0.900. The van der Waals surface area contributed by atoms with Gasteiger partial charge in [0.1, 0.15) is 0 Å². The first-order valence-electron chi connectivity index (χ1n) is 5.54. The van der Waals surface area contributed by atoms with Gasteiger partial charge in [-0.05, 0) is 25.3 Å². The molecule has 0 amide bonds. The summed E-state index contributed by atoms with van der Waals surface area (Å²) in [7, 11) is 2.13. The maximum atomic E-state index is 5.77. The zero-order valence-electron chi connectivity index (χ0n) is 8.87. The zero-order chi connectivity index (χ0) is 9.97. The molecular formula is C10H20N4. The Morgan fingerprint density at radius 3 is 3.07 bits per heavy atom. The van der Waals surface area contributed by atoms with Crippen LogP contribution in [0.5, 0.6) is 0 Å². The molecule has 0 aromatic carbocycles. The highest BCUT2D eigenvalue weighted by molar-refractivity contribution is 5.81. The molecule has 2 atom stereocenters. The summed E-state index contributed by atoms with van der Waals surface area (Å²) in [6, 6.07) is 0.601. The quantitative estimate of drug-likeness (QED) is 0.654. The summed E-state index contributed by atoms with van der Waals surface area (Å²) in [5.41, 5.74) is 5.77. The van der Waals surface area contributed by atoms with E-state index in [1.165, 1.54) is 19.3 Å². The van der Waals surface area contributed by atoms with E-state index in [0.29, 0.717) is 12.0 Å². The zero-order valence-corrected chi connectivity index (χ0v) is 8.87. The molecule has 0 saturated heterocycles. The minimum Gasteiger partial charge on any atom is -0.354 e. The van der Waals surface area contributed by atoms with E-state index >= 15 is 0 Å². The van der Waals surface area contributed by atoms with Crippen molar-refractivity contribution in [2.24, 2.45) is 16.6 Å². The summed E-state index contributed by atoms with van der Waals surface area (Å²) in [5, 5.41) is 3.31. The average molecular weight is 196 g/mol. The number of aliphatic imine (C=N–C) groups is 1. The van der Waals surface area contributed by atoms with Crippen molar-refractivity contribution >= 4 is 5.96 Å². The van der Waals surface area contributed by atoms with Crippen molar-refractivity contribution in [2.75, 3.05) is 26.7 Å². The second-order valence-corrected chi connectivity index (χ2v) is 4.24.